The molecule has 0 aromatic carbocycles. The van der Waals surface area contributed by atoms with Crippen molar-refractivity contribution in [1.29, 1.82) is 0 Å². The van der Waals surface area contributed by atoms with Crippen molar-refractivity contribution in [1.82, 2.24) is 15.1 Å². The number of hydrogen-bond acceptors (Lipinski definition) is 5. The van der Waals surface area contributed by atoms with E-state index in [0.717, 1.165) is 16.8 Å². The first-order valence-corrected chi connectivity index (χ1v) is 6.31. The van der Waals surface area contributed by atoms with Crippen molar-refractivity contribution in [3.8, 4) is 0 Å². The maximum absolute atomic E-state index is 11.7. The van der Waals surface area contributed by atoms with Crippen LogP contribution in [-0.4, -0.2) is 45.7 Å². The summed E-state index contributed by atoms with van der Waals surface area (Å²) in [6, 6.07) is 2.18. The SMILES string of the molecule is CC1OCCC1(O)CNC(=O)Cn1[nH]c(=O)ccc1=O. The smallest absolute Gasteiger partial charge is 0.265 e. The molecule has 1 aliphatic heterocycles. The van der Waals surface area contributed by atoms with Gasteiger partial charge in [0.25, 0.3) is 11.1 Å². The van der Waals surface area contributed by atoms with Crippen LogP contribution in [0.3, 0.4) is 0 Å². The minimum atomic E-state index is -1.09. The van der Waals surface area contributed by atoms with Gasteiger partial charge >= 0.3 is 0 Å². The van der Waals surface area contributed by atoms with Crippen molar-refractivity contribution in [3.63, 3.8) is 0 Å². The Morgan fingerprint density at radius 1 is 1.60 bits per heavy atom. The van der Waals surface area contributed by atoms with E-state index in [1.54, 1.807) is 6.92 Å². The molecule has 2 heterocycles. The number of aromatic nitrogens is 2. The highest BCUT2D eigenvalue weighted by Gasteiger charge is 2.39. The number of rotatable bonds is 4. The van der Waals surface area contributed by atoms with Gasteiger partial charge in [0.2, 0.25) is 5.91 Å². The third-order valence-electron chi connectivity index (χ3n) is 3.44. The highest BCUT2D eigenvalue weighted by molar-refractivity contribution is 5.75. The Labute approximate surface area is 114 Å². The lowest BCUT2D eigenvalue weighted by Gasteiger charge is -2.26. The van der Waals surface area contributed by atoms with Crippen molar-refractivity contribution >= 4 is 5.91 Å². The van der Waals surface area contributed by atoms with Crippen molar-refractivity contribution in [2.45, 2.75) is 31.6 Å². The normalized spacial score (nSPS) is 25.6. The number of nitrogens with zero attached hydrogens (tertiary/aromatic N) is 1. The van der Waals surface area contributed by atoms with Crippen molar-refractivity contribution in [2.75, 3.05) is 13.2 Å². The second kappa shape index (κ2) is 5.59. The first-order chi connectivity index (χ1) is 9.40. The van der Waals surface area contributed by atoms with Crippen LogP contribution in [0, 0.1) is 0 Å². The van der Waals surface area contributed by atoms with Gasteiger partial charge in [-0.3, -0.25) is 19.5 Å². The Bertz CT molecular complexity index is 608. The summed E-state index contributed by atoms with van der Waals surface area (Å²) in [5.74, 6) is -0.471. The van der Waals surface area contributed by atoms with Crippen LogP contribution in [0.25, 0.3) is 0 Å². The summed E-state index contributed by atoms with van der Waals surface area (Å²) in [7, 11) is 0. The van der Waals surface area contributed by atoms with Crippen LogP contribution in [0.1, 0.15) is 13.3 Å². The fourth-order valence-corrected chi connectivity index (χ4v) is 2.03. The van der Waals surface area contributed by atoms with Gasteiger partial charge in [-0.1, -0.05) is 0 Å². The lowest BCUT2D eigenvalue weighted by molar-refractivity contribution is -0.123. The second-order valence-corrected chi connectivity index (χ2v) is 4.88. The van der Waals surface area contributed by atoms with Crippen LogP contribution in [0.15, 0.2) is 21.7 Å². The van der Waals surface area contributed by atoms with Crippen molar-refractivity contribution in [3.05, 3.63) is 32.8 Å². The van der Waals surface area contributed by atoms with Crippen molar-refractivity contribution in [2.24, 2.45) is 0 Å². The number of carbonyl (C=O) groups is 1. The van der Waals surface area contributed by atoms with Crippen LogP contribution in [0.4, 0.5) is 0 Å². The van der Waals surface area contributed by atoms with Crippen LogP contribution in [0.2, 0.25) is 0 Å². The number of carbonyl (C=O) groups excluding carboxylic acids is 1. The fourth-order valence-electron chi connectivity index (χ4n) is 2.03. The molecule has 1 aromatic heterocycles. The molecule has 2 atom stereocenters. The minimum Gasteiger partial charge on any atom is -0.385 e. The third-order valence-corrected chi connectivity index (χ3v) is 3.44. The number of aromatic amines is 1. The van der Waals surface area contributed by atoms with Gasteiger partial charge in [-0.05, 0) is 6.92 Å². The number of hydrogen-bond donors (Lipinski definition) is 3. The lowest BCUT2D eigenvalue weighted by Crippen LogP contribution is -2.48. The molecule has 8 heteroatoms. The Morgan fingerprint density at radius 3 is 3.00 bits per heavy atom. The van der Waals surface area contributed by atoms with E-state index < -0.39 is 22.6 Å². The predicted octanol–water partition coefficient (Wildman–Crippen LogP) is -1.81. The van der Waals surface area contributed by atoms with E-state index in [1.807, 2.05) is 0 Å². The molecule has 0 radical (unpaired) electrons. The molecular formula is C12H17N3O5. The summed E-state index contributed by atoms with van der Waals surface area (Å²) < 4.78 is 6.16. The summed E-state index contributed by atoms with van der Waals surface area (Å²) in [6.45, 7) is 1.91. The van der Waals surface area contributed by atoms with Gasteiger partial charge in [0, 0.05) is 31.7 Å². The molecule has 0 saturated carbocycles. The Morgan fingerprint density at radius 2 is 2.35 bits per heavy atom. The van der Waals surface area contributed by atoms with Gasteiger partial charge in [-0.25, -0.2) is 4.68 Å². The molecule has 8 nitrogen and oxygen atoms in total. The molecule has 1 amide bonds. The van der Waals surface area contributed by atoms with Gasteiger partial charge < -0.3 is 15.2 Å². The number of amides is 1. The standard InChI is InChI=1S/C12H17N3O5/c1-8-12(19,4-5-20-8)7-13-10(17)6-15-11(18)3-2-9(16)14-15/h2-3,8,19H,4-7H2,1H3,(H,13,17)(H,14,16). The largest absolute Gasteiger partial charge is 0.385 e. The summed E-state index contributed by atoms with van der Waals surface area (Å²) >= 11 is 0. The molecule has 0 bridgehead atoms. The molecule has 0 aliphatic carbocycles. The van der Waals surface area contributed by atoms with Crippen LogP contribution < -0.4 is 16.4 Å². The maximum Gasteiger partial charge on any atom is 0.265 e. The number of aliphatic hydroxyl groups is 1. The van der Waals surface area contributed by atoms with Crippen LogP contribution in [0.5, 0.6) is 0 Å². The Kier molecular flexibility index (Phi) is 4.05. The molecule has 3 N–H and O–H groups in total. The summed E-state index contributed by atoms with van der Waals surface area (Å²) in [5, 5.41) is 15.0. The average Bonchev–Trinajstić information content (AvgIpc) is 2.72. The highest BCUT2D eigenvalue weighted by atomic mass is 16.5. The third kappa shape index (κ3) is 3.14. The average molecular weight is 283 g/mol. The highest BCUT2D eigenvalue weighted by Crippen LogP contribution is 2.24. The van der Waals surface area contributed by atoms with E-state index in [0.29, 0.717) is 13.0 Å². The minimum absolute atomic E-state index is 0.0405. The van der Waals surface area contributed by atoms with E-state index in [9.17, 15) is 19.5 Å². The maximum atomic E-state index is 11.7. The van der Waals surface area contributed by atoms with Gasteiger partial charge in [-0.2, -0.15) is 0 Å². The zero-order valence-corrected chi connectivity index (χ0v) is 11.1. The molecule has 1 fully saturated rings. The fraction of sp³-hybridized carbons (Fsp3) is 0.583. The summed E-state index contributed by atoms with van der Waals surface area (Å²) in [4.78, 5) is 34.2. The monoisotopic (exact) mass is 283 g/mol. The van der Waals surface area contributed by atoms with Crippen LogP contribution >= 0.6 is 0 Å². The summed E-state index contributed by atoms with van der Waals surface area (Å²) in [5.41, 5.74) is -2.03. The van der Waals surface area contributed by atoms with E-state index in [4.69, 9.17) is 4.74 Å². The lowest BCUT2D eigenvalue weighted by atomic mass is 9.97. The molecule has 1 saturated heterocycles. The van der Waals surface area contributed by atoms with E-state index in [1.165, 1.54) is 0 Å². The van der Waals surface area contributed by atoms with Gasteiger partial charge in [-0.15, -0.1) is 0 Å². The van der Waals surface area contributed by atoms with Gasteiger partial charge in [0.05, 0.1) is 6.10 Å². The summed E-state index contributed by atoms with van der Waals surface area (Å²) in [6.07, 6.45) is 0.0818. The van der Waals surface area contributed by atoms with E-state index >= 15 is 0 Å². The predicted molar refractivity (Wildman–Crippen MR) is 69.3 cm³/mol. The molecule has 1 aliphatic rings. The molecule has 2 rings (SSSR count). The molecule has 1 aromatic rings. The molecular weight excluding hydrogens is 266 g/mol. The molecule has 110 valence electrons. The van der Waals surface area contributed by atoms with E-state index in [-0.39, 0.29) is 19.2 Å². The zero-order chi connectivity index (χ0) is 14.8. The van der Waals surface area contributed by atoms with Crippen molar-refractivity contribution < 1.29 is 14.6 Å². The zero-order valence-electron chi connectivity index (χ0n) is 11.1. The topological polar surface area (TPSA) is 113 Å². The number of ether oxygens (including phenoxy) is 1. The quantitative estimate of drug-likeness (QED) is 0.603. The second-order valence-electron chi connectivity index (χ2n) is 4.88. The molecule has 2 unspecified atom stereocenters. The first kappa shape index (κ1) is 14.5. The molecule has 20 heavy (non-hydrogen) atoms. The van der Waals surface area contributed by atoms with Gasteiger partial charge in [0.15, 0.2) is 0 Å². The van der Waals surface area contributed by atoms with E-state index in [2.05, 4.69) is 10.4 Å². The molecule has 0 spiro atoms. The van der Waals surface area contributed by atoms with Crippen LogP contribution in [-0.2, 0) is 16.1 Å². The Balaban J connectivity index is 1.95. The number of H-pyrrole nitrogens is 1. The first-order valence-electron chi connectivity index (χ1n) is 6.31. The Hall–Kier alpha value is -1.93. The number of nitrogens with one attached hydrogen (secondary N) is 2. The van der Waals surface area contributed by atoms with Gasteiger partial charge in [0.1, 0.15) is 12.1 Å².